The number of carbonyl (C=O) groups is 1. The van der Waals surface area contributed by atoms with E-state index < -0.39 is 0 Å². The standard InChI is InChI=1S/C14H17BrClNO2/c15-12-4-3-11(8-13(12)18)14(19)17-7-1-2-10(9-17)5-6-16/h3-4,8,10,18H,1-2,5-7,9H2. The van der Waals surface area contributed by atoms with E-state index in [-0.39, 0.29) is 11.7 Å². The molecule has 0 bridgehead atoms. The van der Waals surface area contributed by atoms with Gasteiger partial charge >= 0.3 is 0 Å². The quantitative estimate of drug-likeness (QED) is 0.849. The SMILES string of the molecule is O=C(c1ccc(Br)c(O)c1)N1CCCC(CCCl)C1. The van der Waals surface area contributed by atoms with Gasteiger partial charge in [0.1, 0.15) is 5.75 Å². The molecule has 1 aliphatic rings. The largest absolute Gasteiger partial charge is 0.507 e. The maximum atomic E-state index is 12.4. The van der Waals surface area contributed by atoms with Crippen LogP contribution in [-0.4, -0.2) is 34.9 Å². The summed E-state index contributed by atoms with van der Waals surface area (Å²) in [6.07, 6.45) is 3.12. The Kier molecular flexibility index (Phi) is 5.11. The monoisotopic (exact) mass is 345 g/mol. The lowest BCUT2D eigenvalue weighted by Crippen LogP contribution is -2.40. The fraction of sp³-hybridized carbons (Fsp3) is 0.500. The van der Waals surface area contributed by atoms with Gasteiger partial charge in [0, 0.05) is 24.5 Å². The van der Waals surface area contributed by atoms with Crippen molar-refractivity contribution in [2.24, 2.45) is 5.92 Å². The fourth-order valence-corrected chi connectivity index (χ4v) is 3.02. The summed E-state index contributed by atoms with van der Waals surface area (Å²) in [5.41, 5.74) is 0.534. The van der Waals surface area contributed by atoms with Gasteiger partial charge in [0.05, 0.1) is 4.47 Å². The highest BCUT2D eigenvalue weighted by Gasteiger charge is 2.24. The first-order valence-electron chi connectivity index (χ1n) is 6.45. The lowest BCUT2D eigenvalue weighted by Gasteiger charge is -2.32. The number of hydrogen-bond acceptors (Lipinski definition) is 2. The molecule has 1 aliphatic heterocycles. The minimum Gasteiger partial charge on any atom is -0.507 e. The number of rotatable bonds is 3. The highest BCUT2D eigenvalue weighted by molar-refractivity contribution is 9.10. The lowest BCUT2D eigenvalue weighted by molar-refractivity contribution is 0.0671. The van der Waals surface area contributed by atoms with Crippen LogP contribution in [0.15, 0.2) is 22.7 Å². The predicted octanol–water partition coefficient (Wildman–Crippen LogP) is 3.64. The third kappa shape index (κ3) is 3.63. The Morgan fingerprint density at radius 2 is 2.32 bits per heavy atom. The lowest BCUT2D eigenvalue weighted by atomic mass is 9.95. The van der Waals surface area contributed by atoms with E-state index in [2.05, 4.69) is 15.9 Å². The minimum atomic E-state index is -0.0120. The topological polar surface area (TPSA) is 40.5 Å². The smallest absolute Gasteiger partial charge is 0.253 e. The Morgan fingerprint density at radius 1 is 1.53 bits per heavy atom. The second-order valence-corrected chi connectivity index (χ2v) is 6.14. The molecule has 3 nitrogen and oxygen atoms in total. The molecule has 1 fully saturated rings. The molecule has 19 heavy (non-hydrogen) atoms. The van der Waals surface area contributed by atoms with Gasteiger partial charge in [-0.3, -0.25) is 4.79 Å². The summed E-state index contributed by atoms with van der Waals surface area (Å²) >= 11 is 8.99. The first-order chi connectivity index (χ1) is 9.11. The zero-order valence-electron chi connectivity index (χ0n) is 10.6. The summed E-state index contributed by atoms with van der Waals surface area (Å²) < 4.78 is 0.600. The minimum absolute atomic E-state index is 0.0120. The molecule has 1 saturated heterocycles. The van der Waals surface area contributed by atoms with E-state index in [0.717, 1.165) is 32.4 Å². The van der Waals surface area contributed by atoms with E-state index >= 15 is 0 Å². The van der Waals surface area contributed by atoms with Crippen molar-refractivity contribution >= 4 is 33.4 Å². The van der Waals surface area contributed by atoms with Crippen LogP contribution in [0.4, 0.5) is 0 Å². The molecular formula is C14H17BrClNO2. The number of hydrogen-bond donors (Lipinski definition) is 1. The Balaban J connectivity index is 2.08. The van der Waals surface area contributed by atoms with Crippen molar-refractivity contribution in [2.45, 2.75) is 19.3 Å². The average molecular weight is 347 g/mol. The number of halogens is 2. The molecule has 1 amide bonds. The van der Waals surface area contributed by atoms with Gasteiger partial charge in [-0.2, -0.15) is 0 Å². The van der Waals surface area contributed by atoms with Gasteiger partial charge in [0.15, 0.2) is 0 Å². The van der Waals surface area contributed by atoms with Crippen LogP contribution in [-0.2, 0) is 0 Å². The average Bonchev–Trinajstić information content (AvgIpc) is 2.42. The van der Waals surface area contributed by atoms with Crippen LogP contribution in [0.1, 0.15) is 29.6 Å². The third-order valence-corrected chi connectivity index (χ3v) is 4.41. The van der Waals surface area contributed by atoms with Crippen molar-refractivity contribution in [3.05, 3.63) is 28.2 Å². The van der Waals surface area contributed by atoms with Gasteiger partial charge in [-0.1, -0.05) is 0 Å². The van der Waals surface area contributed by atoms with Crippen molar-refractivity contribution in [3.63, 3.8) is 0 Å². The summed E-state index contributed by atoms with van der Waals surface area (Å²) in [5, 5.41) is 9.65. The molecule has 2 rings (SSSR count). The fourth-order valence-electron chi connectivity index (χ4n) is 2.47. The van der Waals surface area contributed by atoms with Crippen molar-refractivity contribution in [1.82, 2.24) is 4.90 Å². The molecule has 0 aromatic heterocycles. The maximum absolute atomic E-state index is 12.4. The maximum Gasteiger partial charge on any atom is 0.253 e. The Bertz CT molecular complexity index is 465. The van der Waals surface area contributed by atoms with Crippen molar-refractivity contribution in [3.8, 4) is 5.75 Å². The number of phenols is 1. The van der Waals surface area contributed by atoms with Crippen LogP contribution < -0.4 is 0 Å². The first kappa shape index (κ1) is 14.7. The van der Waals surface area contributed by atoms with Crippen LogP contribution in [0.5, 0.6) is 5.75 Å². The molecule has 0 spiro atoms. The molecule has 0 radical (unpaired) electrons. The number of piperidine rings is 1. The van der Waals surface area contributed by atoms with Gasteiger partial charge in [-0.15, -0.1) is 11.6 Å². The molecule has 1 atom stereocenters. The second-order valence-electron chi connectivity index (χ2n) is 4.90. The normalized spacial score (nSPS) is 19.5. The van der Waals surface area contributed by atoms with Crippen molar-refractivity contribution in [2.75, 3.05) is 19.0 Å². The Morgan fingerprint density at radius 3 is 3.00 bits per heavy atom. The zero-order valence-corrected chi connectivity index (χ0v) is 13.0. The number of aromatic hydroxyl groups is 1. The van der Waals surface area contributed by atoms with E-state index in [0.29, 0.717) is 21.8 Å². The molecule has 1 N–H and O–H groups in total. The molecule has 104 valence electrons. The van der Waals surface area contributed by atoms with E-state index in [9.17, 15) is 9.90 Å². The second kappa shape index (κ2) is 6.62. The van der Waals surface area contributed by atoms with Gasteiger partial charge in [-0.25, -0.2) is 0 Å². The highest BCUT2D eigenvalue weighted by atomic mass is 79.9. The number of alkyl halides is 1. The number of benzene rings is 1. The Hall–Kier alpha value is -0.740. The third-order valence-electron chi connectivity index (χ3n) is 3.52. The number of phenolic OH excluding ortho intramolecular Hbond substituents is 1. The molecular weight excluding hydrogens is 330 g/mol. The number of amides is 1. The zero-order chi connectivity index (χ0) is 13.8. The van der Waals surface area contributed by atoms with Gasteiger partial charge in [0.2, 0.25) is 0 Å². The predicted molar refractivity (Wildman–Crippen MR) is 79.8 cm³/mol. The highest BCUT2D eigenvalue weighted by Crippen LogP contribution is 2.26. The summed E-state index contributed by atoms with van der Waals surface area (Å²) in [4.78, 5) is 14.2. The van der Waals surface area contributed by atoms with Crippen LogP contribution in [0.25, 0.3) is 0 Å². The van der Waals surface area contributed by atoms with Crippen LogP contribution in [0.3, 0.4) is 0 Å². The Labute approximate surface area is 126 Å². The number of nitrogens with zero attached hydrogens (tertiary/aromatic N) is 1. The number of carbonyl (C=O) groups excluding carboxylic acids is 1. The van der Waals surface area contributed by atoms with Crippen LogP contribution in [0, 0.1) is 5.92 Å². The summed E-state index contributed by atoms with van der Waals surface area (Å²) in [5.74, 6) is 1.23. The summed E-state index contributed by atoms with van der Waals surface area (Å²) in [7, 11) is 0. The van der Waals surface area contributed by atoms with E-state index in [1.165, 1.54) is 6.07 Å². The molecule has 1 unspecified atom stereocenters. The molecule has 0 saturated carbocycles. The van der Waals surface area contributed by atoms with Crippen molar-refractivity contribution < 1.29 is 9.90 Å². The van der Waals surface area contributed by atoms with Gasteiger partial charge in [0.25, 0.3) is 5.91 Å². The van der Waals surface area contributed by atoms with Gasteiger partial charge < -0.3 is 10.0 Å². The van der Waals surface area contributed by atoms with E-state index in [4.69, 9.17) is 11.6 Å². The molecule has 1 heterocycles. The molecule has 0 aliphatic carbocycles. The van der Waals surface area contributed by atoms with E-state index in [1.54, 1.807) is 12.1 Å². The first-order valence-corrected chi connectivity index (χ1v) is 7.78. The molecule has 5 heteroatoms. The van der Waals surface area contributed by atoms with Gasteiger partial charge in [-0.05, 0) is 59.3 Å². The van der Waals surface area contributed by atoms with Crippen molar-refractivity contribution in [1.29, 1.82) is 0 Å². The van der Waals surface area contributed by atoms with Crippen LogP contribution in [0.2, 0.25) is 0 Å². The molecule has 1 aromatic carbocycles. The number of likely N-dealkylation sites (tertiary alicyclic amines) is 1. The molecule has 1 aromatic rings. The summed E-state index contributed by atoms with van der Waals surface area (Å²) in [6, 6.07) is 4.94. The van der Waals surface area contributed by atoms with Crippen LogP contribution >= 0.6 is 27.5 Å². The summed E-state index contributed by atoms with van der Waals surface area (Å²) in [6.45, 7) is 1.55. The van der Waals surface area contributed by atoms with E-state index in [1.807, 2.05) is 4.90 Å².